The third-order valence-electron chi connectivity index (χ3n) is 4.17. The van der Waals surface area contributed by atoms with Crippen LogP contribution in [0.3, 0.4) is 0 Å². The highest BCUT2D eigenvalue weighted by Gasteiger charge is 2.27. The zero-order valence-corrected chi connectivity index (χ0v) is 13.9. The lowest BCUT2D eigenvalue weighted by molar-refractivity contribution is 0.0726. The zero-order chi connectivity index (χ0) is 15.7. The molecule has 1 aliphatic rings. The maximum Gasteiger partial charge on any atom is 0.275 e. The lowest BCUT2D eigenvalue weighted by Crippen LogP contribution is -2.36. The van der Waals surface area contributed by atoms with Crippen molar-refractivity contribution in [3.8, 4) is 0 Å². The molecule has 0 atom stereocenters. The molecule has 1 aliphatic heterocycles. The van der Waals surface area contributed by atoms with Gasteiger partial charge in [-0.05, 0) is 38.8 Å². The van der Waals surface area contributed by atoms with Crippen LogP contribution in [-0.2, 0) is 19.5 Å². The summed E-state index contributed by atoms with van der Waals surface area (Å²) in [6.07, 6.45) is 0.830. The van der Waals surface area contributed by atoms with Gasteiger partial charge in [0, 0.05) is 30.1 Å². The van der Waals surface area contributed by atoms with Crippen LogP contribution in [0.4, 0.5) is 0 Å². The molecule has 8 heteroatoms. The van der Waals surface area contributed by atoms with Crippen molar-refractivity contribution in [2.45, 2.75) is 39.4 Å². The molecule has 0 aromatic carbocycles. The summed E-state index contributed by atoms with van der Waals surface area (Å²) in [5.74, 6) is -0.0603. The molecule has 0 bridgehead atoms. The first kappa shape index (κ1) is 15.1. The number of nitrogens with zero attached hydrogens (tertiary/aromatic N) is 5. The van der Waals surface area contributed by atoms with Gasteiger partial charge in [-0.1, -0.05) is 4.49 Å². The summed E-state index contributed by atoms with van der Waals surface area (Å²) < 4.78 is 3.75. The first-order valence-electron chi connectivity index (χ1n) is 7.37. The molecule has 0 saturated carbocycles. The standard InChI is InChI=1S/C14H20N6OS/c1-9(2)19(3)6-11-10-4-5-20(7-12(10)16-15-11)14(21)13-8-22-18-17-13/h8-9H,4-7H2,1-3H3,(H,15,16). The quantitative estimate of drug-likeness (QED) is 0.919. The van der Waals surface area contributed by atoms with Crippen molar-refractivity contribution in [3.05, 3.63) is 28.0 Å². The molecule has 3 rings (SSSR count). The maximum atomic E-state index is 12.3. The van der Waals surface area contributed by atoms with E-state index in [0.29, 0.717) is 24.8 Å². The topological polar surface area (TPSA) is 78.0 Å². The van der Waals surface area contributed by atoms with Gasteiger partial charge in [0.1, 0.15) is 0 Å². The Kier molecular flexibility index (Phi) is 4.21. The molecule has 0 spiro atoms. The molecular weight excluding hydrogens is 300 g/mol. The van der Waals surface area contributed by atoms with Crippen molar-refractivity contribution in [3.63, 3.8) is 0 Å². The average molecular weight is 320 g/mol. The fourth-order valence-electron chi connectivity index (χ4n) is 2.53. The van der Waals surface area contributed by atoms with Crippen LogP contribution in [0, 0.1) is 0 Å². The summed E-state index contributed by atoms with van der Waals surface area (Å²) in [6, 6.07) is 0.478. The van der Waals surface area contributed by atoms with Gasteiger partial charge in [-0.3, -0.25) is 14.8 Å². The highest BCUT2D eigenvalue weighted by molar-refractivity contribution is 7.03. The number of hydrogen-bond acceptors (Lipinski definition) is 6. The van der Waals surface area contributed by atoms with E-state index in [1.165, 1.54) is 17.1 Å². The lowest BCUT2D eigenvalue weighted by atomic mass is 10.0. The van der Waals surface area contributed by atoms with Crippen LogP contribution >= 0.6 is 11.5 Å². The Balaban J connectivity index is 1.72. The van der Waals surface area contributed by atoms with Gasteiger partial charge in [0.2, 0.25) is 0 Å². The molecule has 3 heterocycles. The Morgan fingerprint density at radius 2 is 2.36 bits per heavy atom. The van der Waals surface area contributed by atoms with Gasteiger partial charge in [-0.2, -0.15) is 5.10 Å². The molecule has 118 valence electrons. The van der Waals surface area contributed by atoms with Crippen molar-refractivity contribution >= 4 is 17.4 Å². The number of carbonyl (C=O) groups excluding carboxylic acids is 1. The monoisotopic (exact) mass is 320 g/mol. The molecule has 22 heavy (non-hydrogen) atoms. The first-order valence-corrected chi connectivity index (χ1v) is 8.21. The largest absolute Gasteiger partial charge is 0.331 e. The average Bonchev–Trinajstić information content (AvgIpc) is 3.16. The summed E-state index contributed by atoms with van der Waals surface area (Å²) in [4.78, 5) is 16.4. The van der Waals surface area contributed by atoms with E-state index in [9.17, 15) is 4.79 Å². The number of aromatic amines is 1. The van der Waals surface area contributed by atoms with Gasteiger partial charge in [0.05, 0.1) is 17.9 Å². The van der Waals surface area contributed by atoms with Gasteiger partial charge >= 0.3 is 0 Å². The van der Waals surface area contributed by atoms with Crippen LogP contribution in [0.25, 0.3) is 0 Å². The molecule has 0 unspecified atom stereocenters. The predicted molar refractivity (Wildman–Crippen MR) is 83.5 cm³/mol. The fraction of sp³-hybridized carbons (Fsp3) is 0.571. The van der Waals surface area contributed by atoms with Crippen molar-refractivity contribution in [1.82, 2.24) is 29.6 Å². The van der Waals surface area contributed by atoms with Crippen LogP contribution in [0.2, 0.25) is 0 Å². The van der Waals surface area contributed by atoms with E-state index in [-0.39, 0.29) is 5.91 Å². The van der Waals surface area contributed by atoms with E-state index in [1.54, 1.807) is 10.3 Å². The summed E-state index contributed by atoms with van der Waals surface area (Å²) in [7, 11) is 2.10. The second-order valence-electron chi connectivity index (χ2n) is 5.90. The van der Waals surface area contributed by atoms with Crippen LogP contribution < -0.4 is 0 Å². The van der Waals surface area contributed by atoms with Crippen LogP contribution in [0.5, 0.6) is 0 Å². The summed E-state index contributed by atoms with van der Waals surface area (Å²) in [5.41, 5.74) is 3.81. The smallest absolute Gasteiger partial charge is 0.275 e. The van der Waals surface area contributed by atoms with E-state index in [2.05, 4.69) is 45.6 Å². The van der Waals surface area contributed by atoms with E-state index in [0.717, 1.165) is 24.4 Å². The highest BCUT2D eigenvalue weighted by Crippen LogP contribution is 2.22. The van der Waals surface area contributed by atoms with Crippen molar-refractivity contribution in [2.24, 2.45) is 0 Å². The summed E-state index contributed by atoms with van der Waals surface area (Å²) in [5, 5.41) is 13.1. The molecule has 2 aromatic heterocycles. The van der Waals surface area contributed by atoms with Crippen LogP contribution in [0.15, 0.2) is 5.38 Å². The minimum absolute atomic E-state index is 0.0603. The maximum absolute atomic E-state index is 12.3. The minimum Gasteiger partial charge on any atom is -0.331 e. The van der Waals surface area contributed by atoms with E-state index in [1.807, 2.05) is 0 Å². The summed E-state index contributed by atoms with van der Waals surface area (Å²) >= 11 is 1.20. The number of hydrogen-bond donors (Lipinski definition) is 1. The van der Waals surface area contributed by atoms with Gasteiger partial charge in [0.15, 0.2) is 5.69 Å². The number of aromatic nitrogens is 4. The second kappa shape index (κ2) is 6.13. The van der Waals surface area contributed by atoms with E-state index >= 15 is 0 Å². The molecule has 1 N–H and O–H groups in total. The molecule has 2 aromatic rings. The number of fused-ring (bicyclic) bond motifs is 1. The first-order chi connectivity index (χ1) is 10.6. The molecule has 0 saturated heterocycles. The summed E-state index contributed by atoms with van der Waals surface area (Å²) in [6.45, 7) is 6.42. The number of rotatable bonds is 4. The molecule has 0 fully saturated rings. The third-order valence-corrected chi connectivity index (χ3v) is 4.67. The lowest BCUT2D eigenvalue weighted by Gasteiger charge is -2.27. The van der Waals surface area contributed by atoms with Gasteiger partial charge in [-0.15, -0.1) is 5.10 Å². The van der Waals surface area contributed by atoms with E-state index < -0.39 is 0 Å². The molecule has 0 aliphatic carbocycles. The Bertz CT molecular complexity index is 650. The highest BCUT2D eigenvalue weighted by atomic mass is 32.1. The Morgan fingerprint density at radius 1 is 1.55 bits per heavy atom. The minimum atomic E-state index is -0.0603. The molecule has 0 radical (unpaired) electrons. The van der Waals surface area contributed by atoms with E-state index in [4.69, 9.17) is 0 Å². The van der Waals surface area contributed by atoms with Gasteiger partial charge in [-0.25, -0.2) is 0 Å². The molecular formula is C14H20N6OS. The Labute approximate surface area is 133 Å². The Hall–Kier alpha value is -1.80. The predicted octanol–water partition coefficient (Wildman–Crippen LogP) is 1.30. The van der Waals surface area contributed by atoms with Crippen LogP contribution in [-0.4, -0.2) is 55.1 Å². The van der Waals surface area contributed by atoms with Crippen molar-refractivity contribution in [2.75, 3.05) is 13.6 Å². The zero-order valence-electron chi connectivity index (χ0n) is 13.0. The fourth-order valence-corrected chi connectivity index (χ4v) is 2.96. The molecule has 7 nitrogen and oxygen atoms in total. The number of carbonyl (C=O) groups is 1. The number of nitrogens with one attached hydrogen (secondary N) is 1. The number of amides is 1. The van der Waals surface area contributed by atoms with Crippen molar-refractivity contribution in [1.29, 1.82) is 0 Å². The normalized spacial score (nSPS) is 14.7. The SMILES string of the molecule is CC(C)N(C)Cc1n[nH]c2c1CCN(C(=O)c1csnn1)C2. The Morgan fingerprint density at radius 3 is 3.05 bits per heavy atom. The van der Waals surface area contributed by atoms with Gasteiger partial charge in [0.25, 0.3) is 5.91 Å². The number of H-pyrrole nitrogens is 1. The van der Waals surface area contributed by atoms with Crippen molar-refractivity contribution < 1.29 is 4.79 Å². The molecule has 1 amide bonds. The van der Waals surface area contributed by atoms with Gasteiger partial charge < -0.3 is 4.90 Å². The third kappa shape index (κ3) is 2.89. The second-order valence-corrected chi connectivity index (χ2v) is 6.51. The van der Waals surface area contributed by atoms with Crippen LogP contribution in [0.1, 0.15) is 41.3 Å².